The number of aromatic nitrogens is 2. The average molecular weight is 323 g/mol. The number of pyridine rings is 1. The van der Waals surface area contributed by atoms with Crippen LogP contribution in [0.4, 0.5) is 5.69 Å². The van der Waals surface area contributed by atoms with Gasteiger partial charge in [-0.05, 0) is 31.0 Å². The Bertz CT molecular complexity index is 799. The number of anilines is 1. The third kappa shape index (κ3) is 4.02. The van der Waals surface area contributed by atoms with E-state index in [1.54, 1.807) is 17.6 Å². The van der Waals surface area contributed by atoms with Crippen LogP contribution in [0.2, 0.25) is 0 Å². The van der Waals surface area contributed by atoms with Crippen LogP contribution in [0, 0.1) is 6.92 Å². The maximum Gasteiger partial charge on any atom is 0.275 e. The first kappa shape index (κ1) is 15.4. The van der Waals surface area contributed by atoms with Gasteiger partial charge in [-0.2, -0.15) is 0 Å². The van der Waals surface area contributed by atoms with Crippen LogP contribution in [0.5, 0.6) is 0 Å². The van der Waals surface area contributed by atoms with E-state index in [0.717, 1.165) is 29.2 Å². The number of nitrogens with one attached hydrogen (secondary N) is 1. The molecular formula is C18H17N3OS. The summed E-state index contributed by atoms with van der Waals surface area (Å²) >= 11 is 1.52. The van der Waals surface area contributed by atoms with Crippen molar-refractivity contribution in [1.82, 2.24) is 9.97 Å². The van der Waals surface area contributed by atoms with Gasteiger partial charge in [0.1, 0.15) is 5.69 Å². The Balaban J connectivity index is 1.62. The molecule has 4 nitrogen and oxygen atoms in total. The number of hydrogen-bond donors (Lipinski definition) is 1. The summed E-state index contributed by atoms with van der Waals surface area (Å²) in [5.41, 5.74) is 3.25. The van der Waals surface area contributed by atoms with Crippen molar-refractivity contribution in [3.63, 3.8) is 0 Å². The van der Waals surface area contributed by atoms with Crippen LogP contribution in [0.25, 0.3) is 0 Å². The molecule has 3 aromatic rings. The number of thiazole rings is 1. The van der Waals surface area contributed by atoms with Crippen molar-refractivity contribution < 1.29 is 4.79 Å². The standard InChI is InChI=1S/C18H17N3OS/c1-13-15(8-5-11-19-13)21-18(22)16-12-23-17(20-16)10-9-14-6-3-2-4-7-14/h2-8,11-12H,9-10H2,1H3,(H,21,22). The Kier molecular flexibility index (Phi) is 4.78. The fourth-order valence-electron chi connectivity index (χ4n) is 2.23. The molecule has 0 atom stereocenters. The van der Waals surface area contributed by atoms with Crippen LogP contribution in [-0.4, -0.2) is 15.9 Å². The van der Waals surface area contributed by atoms with E-state index in [-0.39, 0.29) is 5.91 Å². The van der Waals surface area contributed by atoms with E-state index in [1.807, 2.05) is 31.2 Å². The van der Waals surface area contributed by atoms with Crippen molar-refractivity contribution in [3.8, 4) is 0 Å². The van der Waals surface area contributed by atoms with E-state index in [1.165, 1.54) is 16.9 Å². The second-order valence-corrected chi connectivity index (χ2v) is 6.15. The lowest BCUT2D eigenvalue weighted by Gasteiger charge is -2.05. The molecule has 0 bridgehead atoms. The van der Waals surface area contributed by atoms with E-state index < -0.39 is 0 Å². The first-order valence-electron chi connectivity index (χ1n) is 7.43. The molecule has 0 aliphatic heterocycles. The third-order valence-corrected chi connectivity index (χ3v) is 4.42. The summed E-state index contributed by atoms with van der Waals surface area (Å²) in [6.07, 6.45) is 3.47. The molecule has 116 valence electrons. The molecule has 0 saturated carbocycles. The van der Waals surface area contributed by atoms with Crippen molar-refractivity contribution in [2.24, 2.45) is 0 Å². The van der Waals surface area contributed by atoms with Crippen LogP contribution < -0.4 is 5.32 Å². The maximum atomic E-state index is 12.3. The molecule has 2 aromatic heterocycles. The average Bonchev–Trinajstić information content (AvgIpc) is 3.05. The summed E-state index contributed by atoms with van der Waals surface area (Å²) in [5, 5.41) is 5.64. The van der Waals surface area contributed by atoms with Gasteiger partial charge in [-0.1, -0.05) is 30.3 Å². The van der Waals surface area contributed by atoms with Crippen molar-refractivity contribution in [2.45, 2.75) is 19.8 Å². The van der Waals surface area contributed by atoms with Crippen molar-refractivity contribution in [1.29, 1.82) is 0 Å². The van der Waals surface area contributed by atoms with Crippen LogP contribution >= 0.6 is 11.3 Å². The van der Waals surface area contributed by atoms with E-state index in [2.05, 4.69) is 27.4 Å². The highest BCUT2D eigenvalue weighted by Crippen LogP contribution is 2.16. The molecule has 0 unspecified atom stereocenters. The minimum absolute atomic E-state index is 0.191. The number of carbonyl (C=O) groups excluding carboxylic acids is 1. The van der Waals surface area contributed by atoms with Gasteiger partial charge >= 0.3 is 0 Å². The molecular weight excluding hydrogens is 306 g/mol. The number of aryl methyl sites for hydroxylation is 3. The third-order valence-electron chi connectivity index (χ3n) is 3.51. The number of hydrogen-bond acceptors (Lipinski definition) is 4. The zero-order valence-electron chi connectivity index (χ0n) is 12.8. The van der Waals surface area contributed by atoms with Crippen LogP contribution in [0.15, 0.2) is 54.0 Å². The van der Waals surface area contributed by atoms with Gasteiger partial charge < -0.3 is 5.32 Å². The van der Waals surface area contributed by atoms with Gasteiger partial charge in [0.25, 0.3) is 5.91 Å². The lowest BCUT2D eigenvalue weighted by Crippen LogP contribution is -2.13. The van der Waals surface area contributed by atoms with Gasteiger partial charge in [-0.15, -0.1) is 11.3 Å². The highest BCUT2D eigenvalue weighted by molar-refractivity contribution is 7.09. The Morgan fingerprint density at radius 1 is 1.13 bits per heavy atom. The van der Waals surface area contributed by atoms with Gasteiger partial charge in [0, 0.05) is 18.0 Å². The fraction of sp³-hybridized carbons (Fsp3) is 0.167. The SMILES string of the molecule is Cc1ncccc1NC(=O)c1csc(CCc2ccccc2)n1. The fourth-order valence-corrected chi connectivity index (χ4v) is 3.01. The molecule has 0 spiro atoms. The number of nitrogens with zero attached hydrogens (tertiary/aromatic N) is 2. The summed E-state index contributed by atoms with van der Waals surface area (Å²) in [7, 11) is 0. The van der Waals surface area contributed by atoms with Gasteiger partial charge in [0.2, 0.25) is 0 Å². The Labute approximate surface area is 139 Å². The largest absolute Gasteiger partial charge is 0.319 e. The van der Waals surface area contributed by atoms with Crippen molar-refractivity contribution >= 4 is 22.9 Å². The molecule has 3 rings (SSSR count). The van der Waals surface area contributed by atoms with Crippen molar-refractivity contribution in [2.75, 3.05) is 5.32 Å². The smallest absolute Gasteiger partial charge is 0.275 e. The molecule has 0 fully saturated rings. The molecule has 0 aliphatic rings. The van der Waals surface area contributed by atoms with E-state index in [0.29, 0.717) is 5.69 Å². The first-order valence-corrected chi connectivity index (χ1v) is 8.31. The number of rotatable bonds is 5. The lowest BCUT2D eigenvalue weighted by atomic mass is 10.1. The number of carbonyl (C=O) groups is 1. The minimum Gasteiger partial charge on any atom is -0.319 e. The van der Waals surface area contributed by atoms with Crippen LogP contribution in [0.1, 0.15) is 26.8 Å². The summed E-state index contributed by atoms with van der Waals surface area (Å²) in [4.78, 5) is 20.9. The van der Waals surface area contributed by atoms with Crippen LogP contribution in [-0.2, 0) is 12.8 Å². The summed E-state index contributed by atoms with van der Waals surface area (Å²) in [6, 6.07) is 13.9. The second kappa shape index (κ2) is 7.15. The van der Waals surface area contributed by atoms with Crippen LogP contribution in [0.3, 0.4) is 0 Å². The molecule has 1 amide bonds. The zero-order chi connectivity index (χ0) is 16.1. The maximum absolute atomic E-state index is 12.3. The highest BCUT2D eigenvalue weighted by Gasteiger charge is 2.12. The molecule has 1 N–H and O–H groups in total. The summed E-state index contributed by atoms with van der Waals surface area (Å²) in [5.74, 6) is -0.191. The van der Waals surface area contributed by atoms with E-state index in [4.69, 9.17) is 0 Å². The predicted molar refractivity (Wildman–Crippen MR) is 92.9 cm³/mol. The van der Waals surface area contributed by atoms with Crippen molar-refractivity contribution in [3.05, 3.63) is 76.0 Å². The molecule has 23 heavy (non-hydrogen) atoms. The van der Waals surface area contributed by atoms with E-state index in [9.17, 15) is 4.79 Å². The molecule has 5 heteroatoms. The first-order chi connectivity index (χ1) is 11.2. The van der Waals surface area contributed by atoms with E-state index >= 15 is 0 Å². The number of amides is 1. The monoisotopic (exact) mass is 323 g/mol. The molecule has 0 radical (unpaired) electrons. The van der Waals surface area contributed by atoms with Gasteiger partial charge in [0.05, 0.1) is 16.4 Å². The molecule has 0 aliphatic carbocycles. The highest BCUT2D eigenvalue weighted by atomic mass is 32.1. The zero-order valence-corrected chi connectivity index (χ0v) is 13.6. The van der Waals surface area contributed by atoms with Gasteiger partial charge in [-0.3, -0.25) is 9.78 Å². The predicted octanol–water partition coefficient (Wildman–Crippen LogP) is 3.88. The minimum atomic E-state index is -0.191. The van der Waals surface area contributed by atoms with Gasteiger partial charge in [0.15, 0.2) is 0 Å². The molecule has 2 heterocycles. The second-order valence-electron chi connectivity index (χ2n) is 5.20. The summed E-state index contributed by atoms with van der Waals surface area (Å²) < 4.78 is 0. The topological polar surface area (TPSA) is 54.9 Å². The Morgan fingerprint density at radius 2 is 1.96 bits per heavy atom. The molecule has 0 saturated heterocycles. The number of benzene rings is 1. The lowest BCUT2D eigenvalue weighted by molar-refractivity contribution is 0.102. The Morgan fingerprint density at radius 3 is 2.74 bits per heavy atom. The summed E-state index contributed by atoms with van der Waals surface area (Å²) in [6.45, 7) is 1.86. The normalized spacial score (nSPS) is 10.5. The van der Waals surface area contributed by atoms with Gasteiger partial charge in [-0.25, -0.2) is 4.98 Å². The Hall–Kier alpha value is -2.53. The quantitative estimate of drug-likeness (QED) is 0.775. The molecule has 1 aromatic carbocycles.